The Hall–Kier alpha value is -1.68. The van der Waals surface area contributed by atoms with Crippen molar-refractivity contribution in [1.29, 1.82) is 0 Å². The van der Waals surface area contributed by atoms with Crippen LogP contribution in [0.25, 0.3) is 11.0 Å². The van der Waals surface area contributed by atoms with Gasteiger partial charge in [0.15, 0.2) is 6.29 Å². The molecule has 4 heteroatoms. The van der Waals surface area contributed by atoms with Gasteiger partial charge in [-0.05, 0) is 12.1 Å². The molecule has 72 valence electrons. The zero-order valence-corrected chi connectivity index (χ0v) is 7.55. The normalized spacial score (nSPS) is 10.6. The summed E-state index contributed by atoms with van der Waals surface area (Å²) < 4.78 is 1.78. The zero-order valence-electron chi connectivity index (χ0n) is 7.55. The summed E-state index contributed by atoms with van der Waals surface area (Å²) in [7, 11) is 0. The highest BCUT2D eigenvalue weighted by molar-refractivity contribution is 5.95. The molecule has 0 saturated carbocycles. The Kier molecular flexibility index (Phi) is 2.28. The maximum atomic E-state index is 10.7. The van der Waals surface area contributed by atoms with Crippen LogP contribution in [0.5, 0.6) is 0 Å². The maximum Gasteiger partial charge on any atom is 0.152 e. The number of carbonyl (C=O) groups is 1. The fourth-order valence-electron chi connectivity index (χ4n) is 1.52. The number of aldehydes is 1. The summed E-state index contributed by atoms with van der Waals surface area (Å²) in [6.07, 6.45) is 4.18. The molecule has 2 rings (SSSR count). The first-order valence-corrected chi connectivity index (χ1v) is 4.36. The van der Waals surface area contributed by atoms with Gasteiger partial charge in [-0.2, -0.15) is 0 Å². The van der Waals surface area contributed by atoms with Crippen molar-refractivity contribution < 1.29 is 9.90 Å². The Morgan fingerprint density at radius 1 is 1.57 bits per heavy atom. The van der Waals surface area contributed by atoms with E-state index in [-0.39, 0.29) is 6.61 Å². The van der Waals surface area contributed by atoms with Crippen molar-refractivity contribution in [3.63, 3.8) is 0 Å². The largest absolute Gasteiger partial charge is 0.395 e. The number of aliphatic hydroxyl groups is 1. The molecule has 0 saturated heterocycles. The molecule has 0 atom stereocenters. The Labute approximate surface area is 80.8 Å². The molecule has 0 aromatic carbocycles. The molecule has 0 radical (unpaired) electrons. The summed E-state index contributed by atoms with van der Waals surface area (Å²) >= 11 is 0. The van der Waals surface area contributed by atoms with Gasteiger partial charge in [0, 0.05) is 29.9 Å². The summed E-state index contributed by atoms with van der Waals surface area (Å²) in [6.45, 7) is 0.500. The van der Waals surface area contributed by atoms with Gasteiger partial charge in [-0.3, -0.25) is 4.79 Å². The van der Waals surface area contributed by atoms with E-state index in [1.807, 2.05) is 6.07 Å². The predicted molar refractivity (Wildman–Crippen MR) is 52.2 cm³/mol. The van der Waals surface area contributed by atoms with Crippen molar-refractivity contribution in [2.75, 3.05) is 6.61 Å². The number of aliphatic hydroxyl groups excluding tert-OH is 1. The minimum atomic E-state index is 0.0403. The van der Waals surface area contributed by atoms with Crippen molar-refractivity contribution in [1.82, 2.24) is 9.55 Å². The number of carbonyl (C=O) groups excluding carboxylic acids is 1. The molecule has 0 amide bonds. The number of fused-ring (bicyclic) bond motifs is 1. The first-order valence-electron chi connectivity index (χ1n) is 4.36. The summed E-state index contributed by atoms with van der Waals surface area (Å²) in [5.74, 6) is 0. The van der Waals surface area contributed by atoms with Crippen LogP contribution in [-0.2, 0) is 6.54 Å². The Morgan fingerprint density at radius 3 is 3.14 bits per heavy atom. The van der Waals surface area contributed by atoms with Crippen molar-refractivity contribution >= 4 is 17.3 Å². The second-order valence-electron chi connectivity index (χ2n) is 2.99. The van der Waals surface area contributed by atoms with Gasteiger partial charge in [0.1, 0.15) is 5.65 Å². The number of pyridine rings is 1. The van der Waals surface area contributed by atoms with Gasteiger partial charge < -0.3 is 9.67 Å². The number of aromatic nitrogens is 2. The van der Waals surface area contributed by atoms with Crippen LogP contribution in [0.3, 0.4) is 0 Å². The third-order valence-electron chi connectivity index (χ3n) is 2.13. The van der Waals surface area contributed by atoms with Crippen molar-refractivity contribution in [2.45, 2.75) is 6.54 Å². The van der Waals surface area contributed by atoms with E-state index in [2.05, 4.69) is 4.98 Å². The molecule has 1 N–H and O–H groups in total. The molecule has 2 aromatic rings. The fourth-order valence-corrected chi connectivity index (χ4v) is 1.52. The van der Waals surface area contributed by atoms with Crippen LogP contribution >= 0.6 is 0 Å². The summed E-state index contributed by atoms with van der Waals surface area (Å²) in [5.41, 5.74) is 1.35. The van der Waals surface area contributed by atoms with Crippen molar-refractivity contribution in [3.05, 3.63) is 30.1 Å². The molecule has 0 aliphatic carbocycles. The van der Waals surface area contributed by atoms with E-state index in [4.69, 9.17) is 5.11 Å². The molecule has 0 bridgehead atoms. The van der Waals surface area contributed by atoms with Gasteiger partial charge in [-0.15, -0.1) is 0 Å². The number of hydrogen-bond donors (Lipinski definition) is 1. The van der Waals surface area contributed by atoms with Crippen LogP contribution in [0, 0.1) is 0 Å². The molecule has 0 aliphatic heterocycles. The highest BCUT2D eigenvalue weighted by atomic mass is 16.3. The number of hydrogen-bond acceptors (Lipinski definition) is 3. The molecule has 0 unspecified atom stereocenters. The second kappa shape index (κ2) is 3.59. The number of nitrogens with zero attached hydrogens (tertiary/aromatic N) is 2. The highest BCUT2D eigenvalue weighted by Gasteiger charge is 2.07. The van der Waals surface area contributed by atoms with E-state index in [1.54, 1.807) is 23.0 Å². The maximum absolute atomic E-state index is 10.7. The Balaban J connectivity index is 2.66. The molecular formula is C10H10N2O2. The summed E-state index contributed by atoms with van der Waals surface area (Å²) in [5, 5.41) is 9.65. The van der Waals surface area contributed by atoms with Gasteiger partial charge in [0.25, 0.3) is 0 Å². The molecule has 4 nitrogen and oxygen atoms in total. The lowest BCUT2D eigenvalue weighted by Gasteiger charge is -1.99. The Bertz CT molecular complexity index is 462. The van der Waals surface area contributed by atoms with Crippen LogP contribution < -0.4 is 0 Å². The third kappa shape index (κ3) is 1.29. The van der Waals surface area contributed by atoms with E-state index in [0.717, 1.165) is 17.3 Å². The monoisotopic (exact) mass is 190 g/mol. The third-order valence-corrected chi connectivity index (χ3v) is 2.13. The van der Waals surface area contributed by atoms with Crippen LogP contribution in [0.2, 0.25) is 0 Å². The van der Waals surface area contributed by atoms with Gasteiger partial charge in [0.2, 0.25) is 0 Å². The summed E-state index contributed by atoms with van der Waals surface area (Å²) in [4.78, 5) is 14.9. The highest BCUT2D eigenvalue weighted by Crippen LogP contribution is 2.17. The smallest absolute Gasteiger partial charge is 0.152 e. The molecule has 2 aromatic heterocycles. The quantitative estimate of drug-likeness (QED) is 0.730. The van der Waals surface area contributed by atoms with Crippen LogP contribution in [0.1, 0.15) is 10.4 Å². The zero-order chi connectivity index (χ0) is 9.97. The van der Waals surface area contributed by atoms with E-state index < -0.39 is 0 Å². The molecule has 0 aliphatic rings. The van der Waals surface area contributed by atoms with Crippen LogP contribution in [-0.4, -0.2) is 27.6 Å². The molecule has 14 heavy (non-hydrogen) atoms. The lowest BCUT2D eigenvalue weighted by atomic mass is 10.2. The first-order chi connectivity index (χ1) is 6.86. The van der Waals surface area contributed by atoms with Gasteiger partial charge in [-0.25, -0.2) is 4.98 Å². The average molecular weight is 190 g/mol. The van der Waals surface area contributed by atoms with Crippen LogP contribution in [0.15, 0.2) is 24.5 Å². The van der Waals surface area contributed by atoms with Gasteiger partial charge in [-0.1, -0.05) is 0 Å². The summed E-state index contributed by atoms with van der Waals surface area (Å²) in [6, 6.07) is 3.64. The molecular weight excluding hydrogens is 180 g/mol. The van der Waals surface area contributed by atoms with Crippen molar-refractivity contribution in [2.24, 2.45) is 0 Å². The molecule has 2 heterocycles. The standard InChI is InChI=1S/C10H10N2O2/c13-5-4-12-6-8(7-14)9-2-1-3-11-10(9)12/h1-3,6-7,13H,4-5H2. The first kappa shape index (κ1) is 8.90. The topological polar surface area (TPSA) is 55.1 Å². The lowest BCUT2D eigenvalue weighted by Crippen LogP contribution is -2.00. The minimum absolute atomic E-state index is 0.0403. The average Bonchev–Trinajstić information content (AvgIpc) is 2.58. The van der Waals surface area contributed by atoms with E-state index >= 15 is 0 Å². The van der Waals surface area contributed by atoms with E-state index in [1.165, 1.54) is 0 Å². The molecule has 0 fully saturated rings. The molecule has 0 spiro atoms. The Morgan fingerprint density at radius 2 is 2.43 bits per heavy atom. The fraction of sp³-hybridized carbons (Fsp3) is 0.200. The second-order valence-corrected chi connectivity index (χ2v) is 2.99. The lowest BCUT2D eigenvalue weighted by molar-refractivity contribution is 0.112. The SMILES string of the molecule is O=Cc1cn(CCO)c2ncccc12. The van der Waals surface area contributed by atoms with Crippen LogP contribution in [0.4, 0.5) is 0 Å². The predicted octanol–water partition coefficient (Wildman–Crippen LogP) is 0.841. The van der Waals surface area contributed by atoms with E-state index in [9.17, 15) is 4.79 Å². The number of rotatable bonds is 3. The minimum Gasteiger partial charge on any atom is -0.395 e. The van der Waals surface area contributed by atoms with E-state index in [0.29, 0.717) is 12.1 Å². The van der Waals surface area contributed by atoms with Gasteiger partial charge >= 0.3 is 0 Å². The van der Waals surface area contributed by atoms with Crippen molar-refractivity contribution in [3.8, 4) is 0 Å². The van der Waals surface area contributed by atoms with Gasteiger partial charge in [0.05, 0.1) is 6.61 Å².